The van der Waals surface area contributed by atoms with Crippen molar-refractivity contribution in [3.05, 3.63) is 40.4 Å². The van der Waals surface area contributed by atoms with Crippen LogP contribution in [-0.2, 0) is 6.54 Å². The Labute approximate surface area is 92.6 Å². The Morgan fingerprint density at radius 2 is 2.25 bits per heavy atom. The van der Waals surface area contributed by atoms with Crippen LogP contribution < -0.4 is 5.56 Å². The fraction of sp³-hybridized carbons (Fsp3) is 0.273. The van der Waals surface area contributed by atoms with Gasteiger partial charge in [-0.25, -0.2) is 4.98 Å². The van der Waals surface area contributed by atoms with E-state index in [1.807, 2.05) is 19.0 Å². The number of hydrogen-bond donors (Lipinski definition) is 1. The molecule has 0 aliphatic heterocycles. The van der Waals surface area contributed by atoms with E-state index in [4.69, 9.17) is 0 Å². The molecule has 0 aliphatic carbocycles. The molecule has 1 N–H and O–H groups in total. The first-order chi connectivity index (χ1) is 7.58. The molecule has 0 saturated heterocycles. The van der Waals surface area contributed by atoms with Gasteiger partial charge in [0.05, 0.1) is 5.69 Å². The van der Waals surface area contributed by atoms with E-state index in [2.05, 4.69) is 4.98 Å². The van der Waals surface area contributed by atoms with Crippen LogP contribution in [0, 0.1) is 0 Å². The average Bonchev–Trinajstić information content (AvgIpc) is 2.19. The van der Waals surface area contributed by atoms with Crippen molar-refractivity contribution in [2.75, 3.05) is 14.1 Å². The van der Waals surface area contributed by atoms with Crippen molar-refractivity contribution in [3.63, 3.8) is 0 Å². The Bertz CT molecular complexity index is 575. The van der Waals surface area contributed by atoms with Crippen molar-refractivity contribution in [2.45, 2.75) is 6.54 Å². The Hall–Kier alpha value is -1.88. The zero-order valence-corrected chi connectivity index (χ0v) is 9.21. The highest BCUT2D eigenvalue weighted by atomic mass is 16.3. The SMILES string of the molecule is CN(C)Cc1cc(=O)n2cccc(O)c2n1. The van der Waals surface area contributed by atoms with E-state index < -0.39 is 0 Å². The summed E-state index contributed by atoms with van der Waals surface area (Å²) in [5, 5.41) is 9.62. The lowest BCUT2D eigenvalue weighted by molar-refractivity contribution is 0.396. The molecular formula is C11H13N3O2. The molecule has 0 saturated carbocycles. The van der Waals surface area contributed by atoms with E-state index in [1.165, 1.54) is 16.5 Å². The molecule has 0 unspecified atom stereocenters. The summed E-state index contributed by atoms with van der Waals surface area (Å²) in [6.07, 6.45) is 1.59. The molecule has 0 amide bonds. The van der Waals surface area contributed by atoms with Crippen molar-refractivity contribution in [2.24, 2.45) is 0 Å². The third-order valence-corrected chi connectivity index (χ3v) is 2.20. The second kappa shape index (κ2) is 3.94. The molecule has 2 aromatic heterocycles. The van der Waals surface area contributed by atoms with Crippen LogP contribution in [0.4, 0.5) is 0 Å². The van der Waals surface area contributed by atoms with Crippen molar-refractivity contribution < 1.29 is 5.11 Å². The topological polar surface area (TPSA) is 57.8 Å². The van der Waals surface area contributed by atoms with Crippen molar-refractivity contribution >= 4 is 5.65 Å². The van der Waals surface area contributed by atoms with Gasteiger partial charge in [0.1, 0.15) is 0 Å². The normalized spacial score (nSPS) is 11.2. The predicted molar refractivity (Wildman–Crippen MR) is 60.5 cm³/mol. The van der Waals surface area contributed by atoms with Crippen LogP contribution in [0.1, 0.15) is 5.69 Å². The zero-order valence-electron chi connectivity index (χ0n) is 9.21. The van der Waals surface area contributed by atoms with Crippen LogP contribution in [0.2, 0.25) is 0 Å². The summed E-state index contributed by atoms with van der Waals surface area (Å²) in [4.78, 5) is 17.9. The highest BCUT2D eigenvalue weighted by molar-refractivity contribution is 5.52. The van der Waals surface area contributed by atoms with Gasteiger partial charge in [-0.05, 0) is 26.2 Å². The number of fused-ring (bicyclic) bond motifs is 1. The van der Waals surface area contributed by atoms with Gasteiger partial charge >= 0.3 is 0 Å². The van der Waals surface area contributed by atoms with Crippen LogP contribution in [0.3, 0.4) is 0 Å². The first-order valence-corrected chi connectivity index (χ1v) is 4.93. The molecule has 0 fully saturated rings. The molecule has 0 aromatic carbocycles. The number of hydrogen-bond acceptors (Lipinski definition) is 4. The largest absolute Gasteiger partial charge is 0.504 e. The van der Waals surface area contributed by atoms with Gasteiger partial charge in [0.25, 0.3) is 5.56 Å². The maximum atomic E-state index is 11.7. The first kappa shape index (κ1) is 10.6. The summed E-state index contributed by atoms with van der Waals surface area (Å²) in [7, 11) is 3.79. The van der Waals surface area contributed by atoms with Crippen LogP contribution >= 0.6 is 0 Å². The summed E-state index contributed by atoms with van der Waals surface area (Å²) in [6.45, 7) is 0.570. The van der Waals surface area contributed by atoms with Crippen LogP contribution in [0.15, 0.2) is 29.2 Å². The Kier molecular flexibility index (Phi) is 2.62. The van der Waals surface area contributed by atoms with E-state index in [9.17, 15) is 9.90 Å². The molecule has 0 bridgehead atoms. The van der Waals surface area contributed by atoms with Gasteiger partial charge < -0.3 is 10.0 Å². The molecule has 5 heteroatoms. The van der Waals surface area contributed by atoms with Crippen LogP contribution in [0.5, 0.6) is 5.75 Å². The van der Waals surface area contributed by atoms with Crippen molar-refractivity contribution in [1.82, 2.24) is 14.3 Å². The maximum Gasteiger partial charge on any atom is 0.258 e. The molecule has 0 radical (unpaired) electrons. The van der Waals surface area contributed by atoms with Crippen molar-refractivity contribution in [1.29, 1.82) is 0 Å². The summed E-state index contributed by atoms with van der Waals surface area (Å²) in [5.41, 5.74) is 0.765. The second-order valence-electron chi connectivity index (χ2n) is 3.91. The molecule has 16 heavy (non-hydrogen) atoms. The van der Waals surface area contributed by atoms with E-state index in [0.29, 0.717) is 17.9 Å². The van der Waals surface area contributed by atoms with Gasteiger partial charge in [-0.3, -0.25) is 9.20 Å². The predicted octanol–water partition coefficient (Wildman–Crippen LogP) is 0.462. The highest BCUT2D eigenvalue weighted by Gasteiger charge is 2.06. The van der Waals surface area contributed by atoms with Gasteiger partial charge in [-0.1, -0.05) is 0 Å². The van der Waals surface area contributed by atoms with Crippen LogP contribution in [0.25, 0.3) is 5.65 Å². The van der Waals surface area contributed by atoms with E-state index >= 15 is 0 Å². The molecule has 84 valence electrons. The smallest absolute Gasteiger partial charge is 0.258 e. The lowest BCUT2D eigenvalue weighted by Crippen LogP contribution is -2.19. The fourth-order valence-electron chi connectivity index (χ4n) is 1.56. The molecule has 2 aromatic rings. The van der Waals surface area contributed by atoms with Gasteiger partial charge in [0, 0.05) is 18.8 Å². The Morgan fingerprint density at radius 3 is 2.94 bits per heavy atom. The monoisotopic (exact) mass is 219 g/mol. The molecule has 0 aliphatic rings. The summed E-state index contributed by atoms with van der Waals surface area (Å²) < 4.78 is 1.33. The van der Waals surface area contributed by atoms with E-state index in [1.54, 1.807) is 12.3 Å². The number of nitrogens with zero attached hydrogens (tertiary/aromatic N) is 3. The third-order valence-electron chi connectivity index (χ3n) is 2.20. The lowest BCUT2D eigenvalue weighted by Gasteiger charge is -2.09. The molecule has 0 atom stereocenters. The minimum atomic E-state index is -0.183. The first-order valence-electron chi connectivity index (χ1n) is 4.93. The third kappa shape index (κ3) is 1.90. The molecule has 5 nitrogen and oxygen atoms in total. The Balaban J connectivity index is 2.66. The molecule has 0 spiro atoms. The number of rotatable bonds is 2. The van der Waals surface area contributed by atoms with Gasteiger partial charge in [0.2, 0.25) is 0 Å². The van der Waals surface area contributed by atoms with E-state index in [0.717, 1.165) is 0 Å². The molecule has 2 heterocycles. The summed E-state index contributed by atoms with van der Waals surface area (Å²) >= 11 is 0. The molecule has 2 rings (SSSR count). The minimum absolute atomic E-state index is 0.0141. The second-order valence-corrected chi connectivity index (χ2v) is 3.91. The maximum absolute atomic E-state index is 11.7. The number of aromatic nitrogens is 2. The Morgan fingerprint density at radius 1 is 1.50 bits per heavy atom. The van der Waals surface area contributed by atoms with Crippen molar-refractivity contribution in [3.8, 4) is 5.75 Å². The highest BCUT2D eigenvalue weighted by Crippen LogP contribution is 2.13. The van der Waals surface area contributed by atoms with E-state index in [-0.39, 0.29) is 11.3 Å². The molecular weight excluding hydrogens is 206 g/mol. The number of aromatic hydroxyl groups is 1. The quantitative estimate of drug-likeness (QED) is 0.797. The van der Waals surface area contributed by atoms with Gasteiger partial charge in [0.15, 0.2) is 11.4 Å². The number of pyridine rings is 1. The average molecular weight is 219 g/mol. The van der Waals surface area contributed by atoms with Gasteiger partial charge in [-0.2, -0.15) is 0 Å². The lowest BCUT2D eigenvalue weighted by atomic mass is 10.3. The standard InChI is InChI=1S/C11H13N3O2/c1-13(2)7-8-6-10(16)14-5-3-4-9(15)11(14)12-8/h3-6,15H,7H2,1-2H3. The summed E-state index contributed by atoms with van der Waals surface area (Å²) in [6, 6.07) is 4.60. The fourth-order valence-corrected chi connectivity index (χ4v) is 1.56. The van der Waals surface area contributed by atoms with Crippen LogP contribution in [-0.4, -0.2) is 33.5 Å². The minimum Gasteiger partial charge on any atom is -0.504 e. The van der Waals surface area contributed by atoms with Gasteiger partial charge in [-0.15, -0.1) is 0 Å². The zero-order chi connectivity index (χ0) is 11.7. The summed E-state index contributed by atoms with van der Waals surface area (Å²) in [5.74, 6) is 0.0141.